The molecule has 1 N–H and O–H groups in total. The lowest BCUT2D eigenvalue weighted by Crippen LogP contribution is -2.44. The van der Waals surface area contributed by atoms with E-state index in [-0.39, 0.29) is 23.1 Å². The van der Waals surface area contributed by atoms with E-state index in [2.05, 4.69) is 29.0 Å². The summed E-state index contributed by atoms with van der Waals surface area (Å²) in [5.41, 5.74) is 0.587. The largest absolute Gasteiger partial charge is 0.355 e. The fourth-order valence-corrected chi connectivity index (χ4v) is 3.87. The molecule has 4 nitrogen and oxygen atoms in total. The molecule has 0 aromatic heterocycles. The van der Waals surface area contributed by atoms with Gasteiger partial charge in [-0.3, -0.25) is 9.69 Å². The van der Waals surface area contributed by atoms with Gasteiger partial charge in [0.2, 0.25) is 5.91 Å². The van der Waals surface area contributed by atoms with Crippen molar-refractivity contribution in [3.63, 3.8) is 0 Å². The number of rotatable bonds is 7. The van der Waals surface area contributed by atoms with Crippen LogP contribution in [0.25, 0.3) is 0 Å². The van der Waals surface area contributed by atoms with Crippen LogP contribution in [0, 0.1) is 17.2 Å². The van der Waals surface area contributed by atoms with Crippen LogP contribution in [0.1, 0.15) is 32.3 Å². The van der Waals surface area contributed by atoms with Crippen LogP contribution in [0.3, 0.4) is 0 Å². The molecular formula is C20H31ClFN3O. The minimum atomic E-state index is -0.263. The number of nitrogens with one attached hydrogen (secondary N) is 1. The Morgan fingerprint density at radius 2 is 2.00 bits per heavy atom. The second kappa shape index (κ2) is 9.16. The van der Waals surface area contributed by atoms with Crippen molar-refractivity contribution >= 4 is 17.5 Å². The minimum absolute atomic E-state index is 0.0394. The summed E-state index contributed by atoms with van der Waals surface area (Å²) >= 11 is 6.11. The lowest BCUT2D eigenvalue weighted by molar-refractivity contribution is -0.127. The normalized spacial score (nSPS) is 16.9. The number of benzene rings is 1. The van der Waals surface area contributed by atoms with Crippen molar-refractivity contribution < 1.29 is 9.18 Å². The van der Waals surface area contributed by atoms with Gasteiger partial charge >= 0.3 is 0 Å². The summed E-state index contributed by atoms with van der Waals surface area (Å²) in [6.07, 6.45) is 1.60. The zero-order valence-electron chi connectivity index (χ0n) is 16.3. The highest BCUT2D eigenvalue weighted by Gasteiger charge is 2.27. The van der Waals surface area contributed by atoms with Gasteiger partial charge in [-0.2, -0.15) is 0 Å². The van der Waals surface area contributed by atoms with Gasteiger partial charge in [-0.05, 0) is 57.6 Å². The van der Waals surface area contributed by atoms with E-state index in [9.17, 15) is 9.18 Å². The zero-order chi connectivity index (χ0) is 19.3. The Balaban J connectivity index is 1.80. The molecule has 1 aromatic carbocycles. The van der Waals surface area contributed by atoms with Crippen molar-refractivity contribution in [2.45, 2.75) is 33.2 Å². The number of nitrogens with zero attached hydrogens (tertiary/aromatic N) is 2. The molecular weight excluding hydrogens is 353 g/mol. The Labute approximate surface area is 161 Å². The minimum Gasteiger partial charge on any atom is -0.355 e. The maximum absolute atomic E-state index is 13.9. The summed E-state index contributed by atoms with van der Waals surface area (Å²) in [4.78, 5) is 16.8. The van der Waals surface area contributed by atoms with Crippen LogP contribution in [0.4, 0.5) is 4.39 Å². The lowest BCUT2D eigenvalue weighted by Gasteiger charge is -2.33. The molecule has 1 aliphatic heterocycles. The predicted octanol–water partition coefficient (Wildman–Crippen LogP) is 3.40. The third-order valence-corrected chi connectivity index (χ3v) is 5.24. The molecule has 2 rings (SSSR count). The van der Waals surface area contributed by atoms with E-state index in [0.29, 0.717) is 23.7 Å². The first-order valence-electron chi connectivity index (χ1n) is 9.25. The molecule has 6 heteroatoms. The summed E-state index contributed by atoms with van der Waals surface area (Å²) in [6.45, 7) is 7.98. The van der Waals surface area contributed by atoms with Crippen molar-refractivity contribution in [2.75, 3.05) is 40.3 Å². The third kappa shape index (κ3) is 6.22. The Hall–Kier alpha value is -1.17. The van der Waals surface area contributed by atoms with E-state index in [1.807, 2.05) is 14.1 Å². The Morgan fingerprint density at radius 3 is 2.58 bits per heavy atom. The Morgan fingerprint density at radius 1 is 1.35 bits per heavy atom. The van der Waals surface area contributed by atoms with Gasteiger partial charge in [0, 0.05) is 36.1 Å². The van der Waals surface area contributed by atoms with Crippen molar-refractivity contribution in [1.29, 1.82) is 0 Å². The molecule has 0 radical (unpaired) electrons. The molecule has 0 bridgehead atoms. The van der Waals surface area contributed by atoms with Gasteiger partial charge in [0.05, 0.1) is 0 Å². The lowest BCUT2D eigenvalue weighted by atomic mass is 9.91. The van der Waals surface area contributed by atoms with E-state index in [1.165, 1.54) is 6.07 Å². The zero-order valence-corrected chi connectivity index (χ0v) is 17.1. The summed E-state index contributed by atoms with van der Waals surface area (Å²) in [5.74, 6) is -0.0848. The number of halogens is 2. The van der Waals surface area contributed by atoms with Crippen LogP contribution in [0.5, 0.6) is 0 Å². The SMILES string of the molecule is CN(C)CC(C)(C)CNC(=O)C1CCN(Cc2c(F)cccc2Cl)CC1. The maximum Gasteiger partial charge on any atom is 0.223 e. The molecule has 0 spiro atoms. The van der Waals surface area contributed by atoms with Gasteiger partial charge in [0.1, 0.15) is 5.82 Å². The summed E-state index contributed by atoms with van der Waals surface area (Å²) < 4.78 is 13.9. The van der Waals surface area contributed by atoms with Gasteiger partial charge in [-0.25, -0.2) is 4.39 Å². The van der Waals surface area contributed by atoms with Crippen LogP contribution in [-0.4, -0.2) is 56.0 Å². The molecule has 0 aliphatic carbocycles. The number of piperidine rings is 1. The van der Waals surface area contributed by atoms with E-state index >= 15 is 0 Å². The smallest absolute Gasteiger partial charge is 0.223 e. The van der Waals surface area contributed by atoms with Crippen LogP contribution in [0.15, 0.2) is 18.2 Å². The molecule has 1 saturated heterocycles. The van der Waals surface area contributed by atoms with Gasteiger partial charge in [0.25, 0.3) is 0 Å². The summed E-state index contributed by atoms with van der Waals surface area (Å²) in [5, 5.41) is 3.58. The number of amides is 1. The average Bonchev–Trinajstić information content (AvgIpc) is 2.56. The number of carbonyl (C=O) groups excluding carboxylic acids is 1. The van der Waals surface area contributed by atoms with Crippen LogP contribution in [-0.2, 0) is 11.3 Å². The van der Waals surface area contributed by atoms with Crippen LogP contribution < -0.4 is 5.32 Å². The first kappa shape index (κ1) is 21.1. The second-order valence-corrected chi connectivity index (χ2v) is 8.78. The van der Waals surface area contributed by atoms with Crippen LogP contribution in [0.2, 0.25) is 5.02 Å². The monoisotopic (exact) mass is 383 g/mol. The number of hydrogen-bond acceptors (Lipinski definition) is 3. The van der Waals surface area contributed by atoms with Crippen molar-refractivity contribution in [3.05, 3.63) is 34.6 Å². The first-order valence-corrected chi connectivity index (χ1v) is 9.63. The van der Waals surface area contributed by atoms with E-state index in [4.69, 9.17) is 11.6 Å². The van der Waals surface area contributed by atoms with E-state index in [1.54, 1.807) is 12.1 Å². The standard InChI is InChI=1S/C20H31ClFN3O/c1-20(2,14-24(3)4)13-23-19(26)15-8-10-25(11-9-15)12-16-17(21)6-5-7-18(16)22/h5-7,15H,8-14H2,1-4H3,(H,23,26). The highest BCUT2D eigenvalue weighted by atomic mass is 35.5. The third-order valence-electron chi connectivity index (χ3n) is 4.89. The summed E-state index contributed by atoms with van der Waals surface area (Å²) in [6, 6.07) is 4.78. The molecule has 1 fully saturated rings. The quantitative estimate of drug-likeness (QED) is 0.783. The highest BCUT2D eigenvalue weighted by Crippen LogP contribution is 2.24. The average molecular weight is 384 g/mol. The van der Waals surface area contributed by atoms with Gasteiger partial charge in [-0.1, -0.05) is 31.5 Å². The fourth-order valence-electron chi connectivity index (χ4n) is 3.64. The van der Waals surface area contributed by atoms with Crippen molar-refractivity contribution in [1.82, 2.24) is 15.1 Å². The number of likely N-dealkylation sites (tertiary alicyclic amines) is 1. The fraction of sp³-hybridized carbons (Fsp3) is 0.650. The second-order valence-electron chi connectivity index (χ2n) is 8.37. The topological polar surface area (TPSA) is 35.6 Å². The number of hydrogen-bond donors (Lipinski definition) is 1. The highest BCUT2D eigenvalue weighted by molar-refractivity contribution is 6.31. The molecule has 146 valence electrons. The van der Waals surface area contributed by atoms with Crippen molar-refractivity contribution in [2.24, 2.45) is 11.3 Å². The Bertz CT molecular complexity index is 593. The van der Waals surface area contributed by atoms with Gasteiger partial charge < -0.3 is 10.2 Å². The van der Waals surface area contributed by atoms with Gasteiger partial charge in [-0.15, -0.1) is 0 Å². The Kier molecular flexibility index (Phi) is 7.44. The molecule has 1 aliphatic rings. The molecule has 0 atom stereocenters. The predicted molar refractivity (Wildman–Crippen MR) is 105 cm³/mol. The molecule has 0 unspecified atom stereocenters. The first-order chi connectivity index (χ1) is 12.2. The molecule has 0 saturated carbocycles. The molecule has 1 aromatic rings. The molecule has 1 heterocycles. The summed E-state index contributed by atoms with van der Waals surface area (Å²) in [7, 11) is 4.09. The van der Waals surface area contributed by atoms with Crippen LogP contribution >= 0.6 is 11.6 Å². The maximum atomic E-state index is 13.9. The van der Waals surface area contributed by atoms with E-state index in [0.717, 1.165) is 32.5 Å². The molecule has 26 heavy (non-hydrogen) atoms. The molecule has 1 amide bonds. The van der Waals surface area contributed by atoms with Crippen molar-refractivity contribution in [3.8, 4) is 0 Å². The number of carbonyl (C=O) groups is 1. The van der Waals surface area contributed by atoms with E-state index < -0.39 is 0 Å². The van der Waals surface area contributed by atoms with Gasteiger partial charge in [0.15, 0.2) is 0 Å².